The van der Waals surface area contributed by atoms with Gasteiger partial charge in [-0.2, -0.15) is 0 Å². The lowest BCUT2D eigenvalue weighted by molar-refractivity contribution is -0.359. The third-order valence-corrected chi connectivity index (χ3v) is 11.5. The van der Waals surface area contributed by atoms with Crippen molar-refractivity contribution in [2.24, 2.45) is 0 Å². The van der Waals surface area contributed by atoms with Crippen LogP contribution in [0.1, 0.15) is 136 Å². The van der Waals surface area contributed by atoms with Crippen LogP contribution in [0.25, 0.3) is 0 Å². The molecule has 2 aliphatic heterocycles. The molecule has 0 saturated carbocycles. The van der Waals surface area contributed by atoms with Crippen LogP contribution in [0.5, 0.6) is 0 Å². The Bertz CT molecular complexity index is 1490. The molecule has 0 spiro atoms. The Labute approximate surface area is 401 Å². The first-order valence-electron chi connectivity index (χ1n) is 25.0. The molecule has 12 unspecified atom stereocenters. The van der Waals surface area contributed by atoms with E-state index in [9.17, 15) is 45.6 Å². The molecule has 0 radical (unpaired) electrons. The van der Waals surface area contributed by atoms with E-state index in [-0.39, 0.29) is 18.9 Å². The van der Waals surface area contributed by atoms with Crippen LogP contribution in [-0.2, 0) is 23.7 Å². The van der Waals surface area contributed by atoms with Crippen LogP contribution in [0, 0.1) is 0 Å². The van der Waals surface area contributed by atoms with E-state index in [1.165, 1.54) is 0 Å². The number of hydrogen-bond donors (Lipinski definition) is 9. The van der Waals surface area contributed by atoms with E-state index in [2.05, 4.69) is 104 Å². The molecule has 2 fully saturated rings. The predicted molar refractivity (Wildman–Crippen MR) is 262 cm³/mol. The Balaban J connectivity index is 1.76. The third kappa shape index (κ3) is 25.9. The zero-order chi connectivity index (χ0) is 48.9. The van der Waals surface area contributed by atoms with Gasteiger partial charge in [-0.25, -0.2) is 0 Å². The number of ether oxygens (including phenoxy) is 4. The summed E-state index contributed by atoms with van der Waals surface area (Å²) in [5.74, 6) is -0.274. The lowest BCUT2D eigenvalue weighted by Gasteiger charge is -2.46. The van der Waals surface area contributed by atoms with Crippen LogP contribution in [0.2, 0.25) is 0 Å². The van der Waals surface area contributed by atoms with E-state index in [0.29, 0.717) is 12.8 Å². The van der Waals surface area contributed by atoms with E-state index in [4.69, 9.17) is 18.9 Å². The topological polar surface area (TPSA) is 228 Å². The number of aliphatic hydroxyl groups is 8. The van der Waals surface area contributed by atoms with Crippen LogP contribution in [0.15, 0.2) is 97.2 Å². The monoisotopic (exact) mass is 946 g/mol. The van der Waals surface area contributed by atoms with Crippen LogP contribution >= 0.6 is 0 Å². The molecule has 0 aromatic carbocycles. The van der Waals surface area contributed by atoms with Crippen LogP contribution in [0.4, 0.5) is 0 Å². The predicted octanol–water partition coefficient (Wildman–Crippen LogP) is 6.37. The second kappa shape index (κ2) is 38.7. The maximum absolute atomic E-state index is 13.1. The molecule has 2 heterocycles. The van der Waals surface area contributed by atoms with Gasteiger partial charge in [-0.05, 0) is 77.0 Å². The number of nitrogens with one attached hydrogen (secondary N) is 1. The fourth-order valence-corrected chi connectivity index (χ4v) is 7.41. The highest BCUT2D eigenvalue weighted by molar-refractivity contribution is 5.76. The van der Waals surface area contributed by atoms with Crippen molar-refractivity contribution < 1.29 is 64.6 Å². The Kier molecular flexibility index (Phi) is 34.7. The number of rotatable bonds is 36. The first kappa shape index (κ1) is 60.0. The Morgan fingerprint density at radius 3 is 1.64 bits per heavy atom. The number of hydrogen-bond acceptors (Lipinski definition) is 13. The smallest absolute Gasteiger partial charge is 0.220 e. The second-order valence-corrected chi connectivity index (χ2v) is 17.2. The van der Waals surface area contributed by atoms with Gasteiger partial charge in [-0.3, -0.25) is 4.79 Å². The average Bonchev–Trinajstić information content (AvgIpc) is 3.32. The summed E-state index contributed by atoms with van der Waals surface area (Å²) in [4.78, 5) is 13.1. The largest absolute Gasteiger partial charge is 0.394 e. The van der Waals surface area contributed by atoms with Gasteiger partial charge in [0.25, 0.3) is 0 Å². The summed E-state index contributed by atoms with van der Waals surface area (Å²) in [6.07, 6.45) is 34.8. The second-order valence-electron chi connectivity index (χ2n) is 17.2. The van der Waals surface area contributed by atoms with Gasteiger partial charge < -0.3 is 65.1 Å². The lowest BCUT2D eigenvalue weighted by Crippen LogP contribution is -2.65. The molecular formula is C53H87NO13. The van der Waals surface area contributed by atoms with E-state index in [1.807, 2.05) is 6.08 Å². The molecule has 0 aromatic heterocycles. The molecular weight excluding hydrogens is 859 g/mol. The number of unbranched alkanes of at least 4 members (excludes halogenated alkanes) is 9. The van der Waals surface area contributed by atoms with E-state index in [1.54, 1.807) is 6.08 Å². The number of allylic oxidation sites excluding steroid dienone is 15. The third-order valence-electron chi connectivity index (χ3n) is 11.5. The summed E-state index contributed by atoms with van der Waals surface area (Å²) in [6.45, 7) is 2.52. The van der Waals surface area contributed by atoms with Crippen molar-refractivity contribution in [2.45, 2.75) is 209 Å². The average molecular weight is 946 g/mol. The van der Waals surface area contributed by atoms with Crippen LogP contribution in [0.3, 0.4) is 0 Å². The van der Waals surface area contributed by atoms with Crippen molar-refractivity contribution >= 4 is 5.91 Å². The number of aliphatic hydroxyl groups excluding tert-OH is 8. The molecule has 12 atom stereocenters. The number of carbonyl (C=O) groups is 1. The lowest BCUT2D eigenvalue weighted by atomic mass is 9.97. The van der Waals surface area contributed by atoms with E-state index < -0.39 is 86.8 Å². The molecule has 1 amide bonds. The van der Waals surface area contributed by atoms with Crippen LogP contribution < -0.4 is 5.32 Å². The molecule has 2 rings (SSSR count). The van der Waals surface area contributed by atoms with Gasteiger partial charge >= 0.3 is 0 Å². The van der Waals surface area contributed by atoms with Gasteiger partial charge in [0.1, 0.15) is 48.8 Å². The molecule has 0 bridgehead atoms. The van der Waals surface area contributed by atoms with Crippen molar-refractivity contribution in [3.8, 4) is 0 Å². The Morgan fingerprint density at radius 1 is 0.552 bits per heavy atom. The van der Waals surface area contributed by atoms with Gasteiger partial charge in [0.05, 0.1) is 32.0 Å². The summed E-state index contributed by atoms with van der Waals surface area (Å²) >= 11 is 0. The summed E-state index contributed by atoms with van der Waals surface area (Å²) in [6, 6.07) is -0.943. The summed E-state index contributed by atoms with van der Waals surface area (Å²) < 4.78 is 22.6. The normalized spacial score (nSPS) is 27.4. The molecule has 67 heavy (non-hydrogen) atoms. The van der Waals surface area contributed by atoms with Gasteiger partial charge in [-0.1, -0.05) is 150 Å². The highest BCUT2D eigenvalue weighted by atomic mass is 16.7. The molecule has 0 aliphatic carbocycles. The minimum Gasteiger partial charge on any atom is -0.394 e. The van der Waals surface area contributed by atoms with Gasteiger partial charge in [0, 0.05) is 6.42 Å². The molecule has 14 heteroatoms. The fraction of sp³-hybridized carbons (Fsp3) is 0.679. The van der Waals surface area contributed by atoms with Crippen molar-refractivity contribution in [3.63, 3.8) is 0 Å². The van der Waals surface area contributed by atoms with Gasteiger partial charge in [0.2, 0.25) is 5.91 Å². The first-order valence-corrected chi connectivity index (χ1v) is 25.0. The SMILES string of the molecule is CC/C=C\C/C=C\C/C=C\C/C=C\C/C=C\C/C=C\CCCCCCCCC(=O)NC(COC1OC(CO)C(OC2OC(CO)C(O)C(O)C2O)C(O)C1O)C(O)/C=C/CC/C=C/CCCC. The summed E-state index contributed by atoms with van der Waals surface area (Å²) in [5.41, 5.74) is 0. The zero-order valence-electron chi connectivity index (χ0n) is 40.3. The summed E-state index contributed by atoms with van der Waals surface area (Å²) in [7, 11) is 0. The molecule has 9 N–H and O–H groups in total. The Morgan fingerprint density at radius 2 is 1.04 bits per heavy atom. The molecule has 382 valence electrons. The molecule has 2 aliphatic rings. The maximum atomic E-state index is 13.1. The minimum absolute atomic E-state index is 0.249. The highest BCUT2D eigenvalue weighted by Crippen LogP contribution is 2.30. The summed E-state index contributed by atoms with van der Waals surface area (Å²) in [5, 5.41) is 86.4. The number of amides is 1. The number of carbonyl (C=O) groups excluding carboxylic acids is 1. The van der Waals surface area contributed by atoms with E-state index in [0.717, 1.165) is 103 Å². The molecule has 2 saturated heterocycles. The van der Waals surface area contributed by atoms with E-state index >= 15 is 0 Å². The first-order chi connectivity index (χ1) is 32.6. The van der Waals surface area contributed by atoms with Gasteiger partial charge in [-0.15, -0.1) is 0 Å². The minimum atomic E-state index is -1.80. The quantitative estimate of drug-likeness (QED) is 0.0246. The maximum Gasteiger partial charge on any atom is 0.220 e. The Hall–Kier alpha value is -3.09. The highest BCUT2D eigenvalue weighted by Gasteiger charge is 2.51. The van der Waals surface area contributed by atoms with Crippen molar-refractivity contribution in [1.82, 2.24) is 5.32 Å². The fourth-order valence-electron chi connectivity index (χ4n) is 7.41. The standard InChI is InChI=1S/C53H87NO13/c1-3-5-7-9-11-13-14-15-16-17-18-19-20-21-22-23-24-25-26-27-28-29-31-33-35-37-45(58)54-41(42(57)36-34-32-30-12-10-8-6-4-2)40-64-52-50(63)48(61)51(44(39-56)66-52)67-53-49(62)47(60)46(59)43(38-55)65-53/h5,7,10-13,15-16,18-19,21-22,24-25,34,36,41-44,46-53,55-57,59-63H,3-4,6,8-9,14,17,20,23,26-33,35,37-40H2,1-2H3,(H,54,58)/b7-5-,12-10+,13-11-,16-15-,19-18-,22-21-,25-24-,36-34+. The van der Waals surface area contributed by atoms with Gasteiger partial charge in [0.15, 0.2) is 12.6 Å². The zero-order valence-corrected chi connectivity index (χ0v) is 40.3. The van der Waals surface area contributed by atoms with Crippen molar-refractivity contribution in [1.29, 1.82) is 0 Å². The van der Waals surface area contributed by atoms with Crippen molar-refractivity contribution in [2.75, 3.05) is 19.8 Å². The van der Waals surface area contributed by atoms with Crippen molar-refractivity contribution in [3.05, 3.63) is 97.2 Å². The molecule has 14 nitrogen and oxygen atoms in total. The molecule has 0 aromatic rings. The van der Waals surface area contributed by atoms with Crippen LogP contribution in [-0.4, -0.2) is 140 Å².